The van der Waals surface area contributed by atoms with Gasteiger partial charge in [0.1, 0.15) is 6.54 Å². The minimum atomic E-state index is 0.448. The van der Waals surface area contributed by atoms with E-state index in [0.717, 1.165) is 31.5 Å². The van der Waals surface area contributed by atoms with Crippen LogP contribution in [-0.2, 0) is 13.0 Å². The summed E-state index contributed by atoms with van der Waals surface area (Å²) < 4.78 is 5.01. The Labute approximate surface area is 149 Å². The molecule has 1 saturated heterocycles. The van der Waals surface area contributed by atoms with E-state index < -0.39 is 0 Å². The van der Waals surface area contributed by atoms with Crippen molar-refractivity contribution in [3.05, 3.63) is 47.6 Å². The Kier molecular flexibility index (Phi) is 6.04. The molecule has 0 spiro atoms. The third-order valence-electron chi connectivity index (χ3n) is 4.56. The molecule has 0 atom stereocenters. The molecule has 6 heteroatoms. The highest BCUT2D eigenvalue weighted by atomic mass is 16.5. The molecule has 1 N–H and O–H groups in total. The second kappa shape index (κ2) is 8.65. The third kappa shape index (κ3) is 5.05. The maximum absolute atomic E-state index is 5.01. The van der Waals surface area contributed by atoms with Crippen LogP contribution >= 0.6 is 0 Å². The molecular weight excluding hydrogens is 314 g/mol. The van der Waals surface area contributed by atoms with E-state index in [9.17, 15) is 0 Å². The number of aryl methyl sites for hydroxylation is 1. The number of hydrogen-bond acceptors (Lipinski definition) is 4. The van der Waals surface area contributed by atoms with Gasteiger partial charge in [-0.1, -0.05) is 35.5 Å². The van der Waals surface area contributed by atoms with Gasteiger partial charge in [0.05, 0.1) is 0 Å². The van der Waals surface area contributed by atoms with Crippen molar-refractivity contribution in [1.29, 1.82) is 0 Å². The Morgan fingerprint density at radius 3 is 2.68 bits per heavy atom. The molecular formula is C19H27N5O. The fourth-order valence-corrected chi connectivity index (χ4v) is 3.27. The second-order valence-corrected chi connectivity index (χ2v) is 6.52. The molecule has 25 heavy (non-hydrogen) atoms. The van der Waals surface area contributed by atoms with Crippen molar-refractivity contribution in [2.24, 2.45) is 10.9 Å². The number of aromatic nitrogens is 2. The molecule has 6 nitrogen and oxygen atoms in total. The topological polar surface area (TPSA) is 66.5 Å². The summed E-state index contributed by atoms with van der Waals surface area (Å²) in [5.74, 6) is 2.91. The van der Waals surface area contributed by atoms with E-state index >= 15 is 0 Å². The van der Waals surface area contributed by atoms with Gasteiger partial charge in [-0.3, -0.25) is 0 Å². The third-order valence-corrected chi connectivity index (χ3v) is 4.56. The summed E-state index contributed by atoms with van der Waals surface area (Å²) in [6.07, 6.45) is 3.56. The van der Waals surface area contributed by atoms with Gasteiger partial charge in [-0.2, -0.15) is 4.98 Å². The zero-order chi connectivity index (χ0) is 17.5. The van der Waals surface area contributed by atoms with Crippen molar-refractivity contribution >= 4 is 5.96 Å². The number of nitrogens with one attached hydrogen (secondary N) is 1. The van der Waals surface area contributed by atoms with Crippen molar-refractivity contribution in [1.82, 2.24) is 20.4 Å². The summed E-state index contributed by atoms with van der Waals surface area (Å²) in [7, 11) is 0. The normalized spacial score (nSPS) is 16.2. The lowest BCUT2D eigenvalue weighted by Gasteiger charge is -2.34. The van der Waals surface area contributed by atoms with Gasteiger partial charge in [0, 0.05) is 26.6 Å². The van der Waals surface area contributed by atoms with Crippen LogP contribution in [0, 0.1) is 12.8 Å². The highest BCUT2D eigenvalue weighted by Crippen LogP contribution is 2.21. The van der Waals surface area contributed by atoms with Gasteiger partial charge >= 0.3 is 0 Å². The molecule has 1 aliphatic rings. The largest absolute Gasteiger partial charge is 0.357 e. The van der Waals surface area contributed by atoms with Crippen LogP contribution in [0.3, 0.4) is 0 Å². The molecule has 2 aromatic rings. The number of aliphatic imine (C=N–C) groups is 1. The van der Waals surface area contributed by atoms with Gasteiger partial charge in [-0.05, 0) is 37.7 Å². The van der Waals surface area contributed by atoms with Crippen molar-refractivity contribution in [2.75, 3.05) is 19.6 Å². The van der Waals surface area contributed by atoms with Gasteiger partial charge in [-0.25, -0.2) is 4.99 Å². The monoisotopic (exact) mass is 341 g/mol. The second-order valence-electron chi connectivity index (χ2n) is 6.52. The first kappa shape index (κ1) is 17.5. The number of hydrogen-bond donors (Lipinski definition) is 1. The number of guanidine groups is 1. The van der Waals surface area contributed by atoms with Crippen LogP contribution in [0.2, 0.25) is 0 Å². The zero-order valence-electron chi connectivity index (χ0n) is 15.1. The lowest BCUT2D eigenvalue weighted by Crippen LogP contribution is -2.45. The van der Waals surface area contributed by atoms with Crippen LogP contribution in [0.5, 0.6) is 0 Å². The highest BCUT2D eigenvalue weighted by molar-refractivity contribution is 5.80. The Morgan fingerprint density at radius 2 is 2.04 bits per heavy atom. The summed E-state index contributed by atoms with van der Waals surface area (Å²) in [4.78, 5) is 11.2. The van der Waals surface area contributed by atoms with Crippen molar-refractivity contribution in [3.63, 3.8) is 0 Å². The predicted octanol–water partition coefficient (Wildman–Crippen LogP) is 2.80. The maximum atomic E-state index is 5.01. The molecule has 0 amide bonds. The van der Waals surface area contributed by atoms with Gasteiger partial charge in [0.15, 0.2) is 11.8 Å². The zero-order valence-corrected chi connectivity index (χ0v) is 15.1. The number of likely N-dealkylation sites (tertiary alicyclic amines) is 1. The molecule has 1 aromatic heterocycles. The Bertz CT molecular complexity index is 674. The van der Waals surface area contributed by atoms with Crippen LogP contribution in [0.25, 0.3) is 0 Å². The fraction of sp³-hybridized carbons (Fsp3) is 0.526. The average Bonchev–Trinajstić information content (AvgIpc) is 3.06. The summed E-state index contributed by atoms with van der Waals surface area (Å²) >= 11 is 0. The maximum Gasteiger partial charge on any atom is 0.223 e. The van der Waals surface area contributed by atoms with E-state index in [4.69, 9.17) is 4.52 Å². The average molecular weight is 341 g/mol. The van der Waals surface area contributed by atoms with E-state index in [0.29, 0.717) is 18.3 Å². The van der Waals surface area contributed by atoms with Crippen molar-refractivity contribution in [3.8, 4) is 0 Å². The quantitative estimate of drug-likeness (QED) is 0.669. The lowest BCUT2D eigenvalue weighted by atomic mass is 9.90. The van der Waals surface area contributed by atoms with Crippen LogP contribution < -0.4 is 5.32 Å². The number of benzene rings is 1. The minimum absolute atomic E-state index is 0.448. The molecule has 2 heterocycles. The van der Waals surface area contributed by atoms with Crippen LogP contribution in [-0.4, -0.2) is 40.6 Å². The van der Waals surface area contributed by atoms with Crippen LogP contribution in [0.4, 0.5) is 0 Å². The number of piperidine rings is 1. The van der Waals surface area contributed by atoms with E-state index in [1.165, 1.54) is 24.8 Å². The molecule has 134 valence electrons. The van der Waals surface area contributed by atoms with Crippen LogP contribution in [0.15, 0.2) is 39.8 Å². The molecule has 0 aliphatic carbocycles. The first-order chi connectivity index (χ1) is 12.2. The Morgan fingerprint density at radius 1 is 1.28 bits per heavy atom. The SMILES string of the molecule is CCNC(=NCc1noc(C)n1)N1CCC(Cc2ccccc2)CC1. The Hall–Kier alpha value is -2.37. The van der Waals surface area contributed by atoms with Crippen LogP contribution in [0.1, 0.15) is 37.0 Å². The van der Waals surface area contributed by atoms with Gasteiger partial charge in [-0.15, -0.1) is 0 Å². The Balaban J connectivity index is 1.54. The van der Waals surface area contributed by atoms with E-state index in [-0.39, 0.29) is 0 Å². The molecule has 0 saturated carbocycles. The first-order valence-corrected chi connectivity index (χ1v) is 9.11. The number of rotatable bonds is 5. The molecule has 0 unspecified atom stereocenters. The summed E-state index contributed by atoms with van der Waals surface area (Å²) in [6, 6.07) is 10.8. The van der Waals surface area contributed by atoms with Gasteiger partial charge in [0.25, 0.3) is 0 Å². The minimum Gasteiger partial charge on any atom is -0.357 e. The van der Waals surface area contributed by atoms with Crippen molar-refractivity contribution in [2.45, 2.75) is 39.7 Å². The van der Waals surface area contributed by atoms with Crippen molar-refractivity contribution < 1.29 is 4.52 Å². The van der Waals surface area contributed by atoms with E-state index in [1.54, 1.807) is 6.92 Å². The molecule has 0 bridgehead atoms. The molecule has 1 aliphatic heterocycles. The lowest BCUT2D eigenvalue weighted by molar-refractivity contribution is 0.259. The molecule has 3 rings (SSSR count). The summed E-state index contributed by atoms with van der Waals surface area (Å²) in [5, 5.41) is 7.30. The molecule has 1 aromatic carbocycles. The van der Waals surface area contributed by atoms with E-state index in [2.05, 4.69) is 62.6 Å². The summed E-state index contributed by atoms with van der Waals surface area (Å²) in [5.41, 5.74) is 1.44. The van der Waals surface area contributed by atoms with Gasteiger partial charge < -0.3 is 14.7 Å². The highest BCUT2D eigenvalue weighted by Gasteiger charge is 2.21. The first-order valence-electron chi connectivity index (χ1n) is 9.11. The standard InChI is InChI=1S/C19H27N5O/c1-3-20-19(21-14-18-22-15(2)25-23-18)24-11-9-17(10-12-24)13-16-7-5-4-6-8-16/h4-8,17H,3,9-14H2,1-2H3,(H,20,21). The molecule has 0 radical (unpaired) electrons. The van der Waals surface area contributed by atoms with E-state index in [1.807, 2.05) is 0 Å². The number of nitrogens with zero attached hydrogens (tertiary/aromatic N) is 4. The van der Waals surface area contributed by atoms with Gasteiger partial charge in [0.2, 0.25) is 5.89 Å². The smallest absolute Gasteiger partial charge is 0.223 e. The predicted molar refractivity (Wildman–Crippen MR) is 98.3 cm³/mol. The summed E-state index contributed by atoms with van der Waals surface area (Å²) in [6.45, 7) is 7.26. The fourth-order valence-electron chi connectivity index (χ4n) is 3.27. The molecule has 1 fully saturated rings.